The molecule has 1 saturated heterocycles. The van der Waals surface area contributed by atoms with E-state index in [-0.39, 0.29) is 11.7 Å². The molecule has 7 nitrogen and oxygen atoms in total. The molecule has 1 aromatic rings. The topological polar surface area (TPSA) is 95.7 Å². The summed E-state index contributed by atoms with van der Waals surface area (Å²) in [6.45, 7) is 2.06. The van der Waals surface area contributed by atoms with Gasteiger partial charge in [0, 0.05) is 24.7 Å². The molecule has 2 N–H and O–H groups in total. The lowest BCUT2D eigenvalue weighted by Gasteiger charge is -2.31. The van der Waals surface area contributed by atoms with Gasteiger partial charge in [-0.15, -0.1) is 0 Å². The molecule has 23 heavy (non-hydrogen) atoms. The molecule has 0 saturated carbocycles. The summed E-state index contributed by atoms with van der Waals surface area (Å²) in [6.07, 6.45) is 5.15. The summed E-state index contributed by atoms with van der Waals surface area (Å²) in [5, 5.41) is 23.1. The van der Waals surface area contributed by atoms with Gasteiger partial charge in [-0.3, -0.25) is 10.1 Å². The number of hydrogen-bond acceptors (Lipinski definition) is 4. The molecule has 1 aliphatic heterocycles. The van der Waals surface area contributed by atoms with Crippen molar-refractivity contribution in [2.45, 2.75) is 25.3 Å². The predicted molar refractivity (Wildman–Crippen MR) is 86.6 cm³/mol. The number of nitro groups is 1. The van der Waals surface area contributed by atoms with Crippen LogP contribution in [0.4, 0.5) is 10.5 Å². The highest BCUT2D eigenvalue weighted by atomic mass is 16.6. The second kappa shape index (κ2) is 8.28. The van der Waals surface area contributed by atoms with Crippen LogP contribution in [0.25, 0.3) is 0 Å². The van der Waals surface area contributed by atoms with Crippen molar-refractivity contribution >= 4 is 11.8 Å². The van der Waals surface area contributed by atoms with Crippen LogP contribution in [0.5, 0.6) is 0 Å². The molecule has 1 aliphatic rings. The van der Waals surface area contributed by atoms with E-state index in [2.05, 4.69) is 5.32 Å². The van der Waals surface area contributed by atoms with Gasteiger partial charge in [0.05, 0.1) is 4.92 Å². The van der Waals surface area contributed by atoms with E-state index in [9.17, 15) is 20.0 Å². The van der Waals surface area contributed by atoms with Gasteiger partial charge in [-0.2, -0.15) is 0 Å². The highest BCUT2D eigenvalue weighted by Gasteiger charge is 2.23. The average Bonchev–Trinajstić information content (AvgIpc) is 2.55. The Labute approximate surface area is 134 Å². The average molecular weight is 319 g/mol. The summed E-state index contributed by atoms with van der Waals surface area (Å²) in [7, 11) is 0. The van der Waals surface area contributed by atoms with E-state index < -0.39 is 11.0 Å². The van der Waals surface area contributed by atoms with Crippen molar-refractivity contribution in [3.8, 4) is 0 Å². The first kappa shape index (κ1) is 17.0. The number of nitro benzene ring substituents is 1. The molecule has 0 radical (unpaired) electrons. The van der Waals surface area contributed by atoms with E-state index in [0.29, 0.717) is 13.0 Å². The highest BCUT2D eigenvalue weighted by molar-refractivity contribution is 5.65. The maximum absolute atomic E-state index is 11.4. The Morgan fingerprint density at radius 3 is 2.52 bits per heavy atom. The zero-order chi connectivity index (χ0) is 16.7. The summed E-state index contributed by atoms with van der Waals surface area (Å²) in [5.41, 5.74) is 1.02. The van der Waals surface area contributed by atoms with Gasteiger partial charge >= 0.3 is 6.09 Å². The molecule has 1 amide bonds. The number of nitrogens with zero attached hydrogens (tertiary/aromatic N) is 2. The number of piperidine rings is 1. The number of rotatable bonds is 6. The van der Waals surface area contributed by atoms with Gasteiger partial charge in [-0.1, -0.05) is 24.3 Å². The smallest absolute Gasteiger partial charge is 0.407 e. The van der Waals surface area contributed by atoms with E-state index in [1.807, 2.05) is 12.2 Å². The molecular formula is C16H21N3O4. The number of carbonyl (C=O) groups is 1. The largest absolute Gasteiger partial charge is 0.465 e. The maximum Gasteiger partial charge on any atom is 0.407 e. The molecule has 0 spiro atoms. The van der Waals surface area contributed by atoms with Crippen LogP contribution in [0.3, 0.4) is 0 Å². The molecule has 0 unspecified atom stereocenters. The number of nitrogens with one attached hydrogen (secondary N) is 1. The second-order valence-electron chi connectivity index (χ2n) is 5.52. The van der Waals surface area contributed by atoms with Crippen molar-refractivity contribution < 1.29 is 14.8 Å². The molecule has 124 valence electrons. The second-order valence-corrected chi connectivity index (χ2v) is 5.52. The zero-order valence-corrected chi connectivity index (χ0v) is 12.9. The SMILES string of the molecule is O=C(O)N(C/C=C/Cc1ccc([N+](=O)[O-])cc1)C1CCNCC1. The molecule has 2 rings (SSSR count). The Kier molecular flexibility index (Phi) is 6.10. The van der Waals surface area contributed by atoms with E-state index in [1.54, 1.807) is 12.1 Å². The Balaban J connectivity index is 1.86. The Morgan fingerprint density at radius 1 is 1.30 bits per heavy atom. The van der Waals surface area contributed by atoms with Crippen LogP contribution in [0.2, 0.25) is 0 Å². The van der Waals surface area contributed by atoms with Crippen LogP contribution in [0.15, 0.2) is 36.4 Å². The van der Waals surface area contributed by atoms with Crippen molar-refractivity contribution in [3.63, 3.8) is 0 Å². The summed E-state index contributed by atoms with van der Waals surface area (Å²) in [4.78, 5) is 23.0. The molecule has 0 bridgehead atoms. The van der Waals surface area contributed by atoms with Crippen LogP contribution in [-0.2, 0) is 6.42 Å². The predicted octanol–water partition coefficient (Wildman–Crippen LogP) is 2.43. The van der Waals surface area contributed by atoms with E-state index in [4.69, 9.17) is 0 Å². The van der Waals surface area contributed by atoms with Crippen molar-refractivity contribution in [3.05, 3.63) is 52.1 Å². The first-order chi connectivity index (χ1) is 11.1. The number of amides is 1. The fourth-order valence-corrected chi connectivity index (χ4v) is 2.66. The van der Waals surface area contributed by atoms with Crippen molar-refractivity contribution in [1.82, 2.24) is 10.2 Å². The zero-order valence-electron chi connectivity index (χ0n) is 12.9. The van der Waals surface area contributed by atoms with Gasteiger partial charge in [0.1, 0.15) is 0 Å². The van der Waals surface area contributed by atoms with Gasteiger partial charge < -0.3 is 15.3 Å². The first-order valence-electron chi connectivity index (χ1n) is 7.66. The molecule has 1 heterocycles. The van der Waals surface area contributed by atoms with Crippen LogP contribution in [-0.4, -0.2) is 46.7 Å². The normalized spacial score (nSPS) is 15.7. The van der Waals surface area contributed by atoms with E-state index >= 15 is 0 Å². The Bertz CT molecular complexity index is 565. The van der Waals surface area contributed by atoms with E-state index in [1.165, 1.54) is 17.0 Å². The van der Waals surface area contributed by atoms with Crippen molar-refractivity contribution in [2.75, 3.05) is 19.6 Å². The van der Waals surface area contributed by atoms with Crippen LogP contribution >= 0.6 is 0 Å². The minimum atomic E-state index is -0.892. The summed E-state index contributed by atoms with van der Waals surface area (Å²) in [5.74, 6) is 0. The monoisotopic (exact) mass is 319 g/mol. The third-order valence-corrected chi connectivity index (χ3v) is 3.96. The lowest BCUT2D eigenvalue weighted by Crippen LogP contribution is -2.45. The van der Waals surface area contributed by atoms with Gasteiger partial charge in [0.2, 0.25) is 0 Å². The molecule has 7 heteroatoms. The fourth-order valence-electron chi connectivity index (χ4n) is 2.66. The summed E-state index contributed by atoms with van der Waals surface area (Å²) >= 11 is 0. The Morgan fingerprint density at radius 2 is 1.96 bits per heavy atom. The quantitative estimate of drug-likeness (QED) is 0.477. The van der Waals surface area contributed by atoms with Gasteiger partial charge in [0.15, 0.2) is 0 Å². The first-order valence-corrected chi connectivity index (χ1v) is 7.66. The van der Waals surface area contributed by atoms with Crippen LogP contribution in [0.1, 0.15) is 18.4 Å². The van der Waals surface area contributed by atoms with E-state index in [0.717, 1.165) is 31.5 Å². The van der Waals surface area contributed by atoms with Crippen LogP contribution in [0, 0.1) is 10.1 Å². The molecular weight excluding hydrogens is 298 g/mol. The minimum Gasteiger partial charge on any atom is -0.465 e. The lowest BCUT2D eigenvalue weighted by molar-refractivity contribution is -0.384. The molecule has 1 aromatic carbocycles. The molecule has 0 aromatic heterocycles. The fraction of sp³-hybridized carbons (Fsp3) is 0.438. The van der Waals surface area contributed by atoms with Gasteiger partial charge in [0.25, 0.3) is 5.69 Å². The number of allylic oxidation sites excluding steroid dienone is 1. The summed E-state index contributed by atoms with van der Waals surface area (Å²) in [6, 6.07) is 6.44. The third-order valence-electron chi connectivity index (χ3n) is 3.96. The number of hydrogen-bond donors (Lipinski definition) is 2. The number of carboxylic acid groups (broad SMARTS) is 1. The molecule has 1 fully saturated rings. The molecule has 0 atom stereocenters. The molecule has 0 aliphatic carbocycles. The van der Waals surface area contributed by atoms with Crippen molar-refractivity contribution in [1.29, 1.82) is 0 Å². The number of benzene rings is 1. The third kappa shape index (κ3) is 5.07. The van der Waals surface area contributed by atoms with Crippen molar-refractivity contribution in [2.24, 2.45) is 0 Å². The highest BCUT2D eigenvalue weighted by Crippen LogP contribution is 2.14. The van der Waals surface area contributed by atoms with Gasteiger partial charge in [-0.25, -0.2) is 4.79 Å². The summed E-state index contributed by atoms with van der Waals surface area (Å²) < 4.78 is 0. The Hall–Kier alpha value is -2.41. The lowest BCUT2D eigenvalue weighted by atomic mass is 10.1. The minimum absolute atomic E-state index is 0.0674. The maximum atomic E-state index is 11.4. The van der Waals surface area contributed by atoms with Crippen LogP contribution < -0.4 is 5.32 Å². The number of non-ortho nitro benzene ring substituents is 1. The van der Waals surface area contributed by atoms with Gasteiger partial charge in [-0.05, 0) is 37.9 Å². The standard InChI is InChI=1S/C16H21N3O4/c20-16(21)18(14-8-10-17-11-9-14)12-2-1-3-13-4-6-15(7-5-13)19(22)23/h1-2,4-7,14,17H,3,8-12H2,(H,20,21)/b2-1+.